The molecule has 1 aromatic heterocycles. The molecule has 4 fully saturated rings. The summed E-state index contributed by atoms with van der Waals surface area (Å²) in [5.41, 5.74) is 1.08. The molecule has 0 radical (unpaired) electrons. The van der Waals surface area contributed by atoms with Crippen LogP contribution in [0.2, 0.25) is 0 Å². The maximum atomic E-state index is 12.1. The van der Waals surface area contributed by atoms with Gasteiger partial charge in [0.1, 0.15) is 18.2 Å². The van der Waals surface area contributed by atoms with Crippen LogP contribution in [0.4, 0.5) is 0 Å². The van der Waals surface area contributed by atoms with Gasteiger partial charge in [-0.25, -0.2) is 4.68 Å². The Hall–Kier alpha value is -1.47. The van der Waals surface area contributed by atoms with Crippen molar-refractivity contribution in [2.24, 2.45) is 11.8 Å². The standard InChI is InChI=1S/C20H30N4O3/c25-18(9-14-6-7-14)21-16-11-26-20-17(12-27-19(16)20)24-10-15(22-23-24)8-13-4-2-1-3-5-13/h10,13-14,16-17,19-20H,1-9,11-12H2,(H,21,25)/t16-,17-,19+,20+/m0/s1. The summed E-state index contributed by atoms with van der Waals surface area (Å²) in [5, 5.41) is 11.9. The molecule has 2 aliphatic heterocycles. The highest BCUT2D eigenvalue weighted by atomic mass is 16.6. The van der Waals surface area contributed by atoms with Gasteiger partial charge in [0.15, 0.2) is 0 Å². The first-order valence-corrected chi connectivity index (χ1v) is 10.7. The topological polar surface area (TPSA) is 78.3 Å². The van der Waals surface area contributed by atoms with E-state index in [2.05, 4.69) is 21.8 Å². The molecule has 148 valence electrons. The monoisotopic (exact) mass is 374 g/mol. The van der Waals surface area contributed by atoms with Crippen LogP contribution < -0.4 is 5.32 Å². The highest BCUT2D eigenvalue weighted by Crippen LogP contribution is 2.35. The van der Waals surface area contributed by atoms with Crippen LogP contribution in [0.1, 0.15) is 63.1 Å². The third kappa shape index (κ3) is 3.90. The van der Waals surface area contributed by atoms with Crippen LogP contribution in [0.15, 0.2) is 6.20 Å². The van der Waals surface area contributed by atoms with Crippen molar-refractivity contribution >= 4 is 5.91 Å². The van der Waals surface area contributed by atoms with Crippen molar-refractivity contribution in [3.8, 4) is 0 Å². The highest BCUT2D eigenvalue weighted by Gasteiger charge is 2.49. The van der Waals surface area contributed by atoms with Crippen LogP contribution in [0.5, 0.6) is 0 Å². The lowest BCUT2D eigenvalue weighted by molar-refractivity contribution is -0.122. The number of nitrogens with one attached hydrogen (secondary N) is 1. The molecular weight excluding hydrogens is 344 g/mol. The number of amides is 1. The Balaban J connectivity index is 1.18. The molecule has 7 nitrogen and oxygen atoms in total. The second kappa shape index (κ2) is 7.51. The first kappa shape index (κ1) is 17.6. The molecule has 7 heteroatoms. The second-order valence-corrected chi connectivity index (χ2v) is 8.88. The van der Waals surface area contributed by atoms with Crippen LogP contribution in [0, 0.1) is 11.8 Å². The Bertz CT molecular complexity index is 668. The number of aromatic nitrogens is 3. The van der Waals surface area contributed by atoms with Crippen LogP contribution in [-0.2, 0) is 20.7 Å². The van der Waals surface area contributed by atoms with Gasteiger partial charge in [-0.1, -0.05) is 37.3 Å². The normalized spacial score (nSPS) is 33.9. The van der Waals surface area contributed by atoms with Crippen molar-refractivity contribution in [3.05, 3.63) is 11.9 Å². The average molecular weight is 374 g/mol. The maximum Gasteiger partial charge on any atom is 0.220 e. The molecule has 1 N–H and O–H groups in total. The summed E-state index contributed by atoms with van der Waals surface area (Å²) in [6, 6.07) is 0.00409. The number of ether oxygens (including phenoxy) is 2. The summed E-state index contributed by atoms with van der Waals surface area (Å²) in [5.74, 6) is 1.48. The lowest BCUT2D eigenvalue weighted by Gasteiger charge is -2.20. The van der Waals surface area contributed by atoms with Crippen molar-refractivity contribution in [2.75, 3.05) is 13.2 Å². The zero-order valence-corrected chi connectivity index (χ0v) is 15.9. The molecule has 0 bridgehead atoms. The molecule has 2 aliphatic carbocycles. The number of hydrogen-bond donors (Lipinski definition) is 1. The molecule has 3 heterocycles. The summed E-state index contributed by atoms with van der Waals surface area (Å²) in [6.45, 7) is 1.09. The number of fused-ring (bicyclic) bond motifs is 1. The molecule has 4 aliphatic rings. The van der Waals surface area contributed by atoms with E-state index < -0.39 is 0 Å². The van der Waals surface area contributed by atoms with Gasteiger partial charge >= 0.3 is 0 Å². The summed E-state index contributed by atoms with van der Waals surface area (Å²) >= 11 is 0. The zero-order valence-electron chi connectivity index (χ0n) is 15.9. The summed E-state index contributed by atoms with van der Waals surface area (Å²) in [7, 11) is 0. The van der Waals surface area contributed by atoms with Crippen LogP contribution in [0.25, 0.3) is 0 Å². The minimum Gasteiger partial charge on any atom is -0.371 e. The van der Waals surface area contributed by atoms with Crippen molar-refractivity contribution in [1.29, 1.82) is 0 Å². The predicted octanol–water partition coefficient (Wildman–Crippen LogP) is 2.02. The number of hydrogen-bond acceptors (Lipinski definition) is 5. The molecule has 5 rings (SSSR count). The van der Waals surface area contributed by atoms with Gasteiger partial charge in [-0.2, -0.15) is 0 Å². The fourth-order valence-electron chi connectivity index (χ4n) is 4.94. The van der Waals surface area contributed by atoms with Crippen LogP contribution in [0.3, 0.4) is 0 Å². The fraction of sp³-hybridized carbons (Fsp3) is 0.850. The van der Waals surface area contributed by atoms with Crippen molar-refractivity contribution in [1.82, 2.24) is 20.3 Å². The highest BCUT2D eigenvalue weighted by molar-refractivity contribution is 5.77. The van der Waals surface area contributed by atoms with Gasteiger partial charge in [-0.3, -0.25) is 4.79 Å². The predicted molar refractivity (Wildman–Crippen MR) is 98.1 cm³/mol. The minimum atomic E-state index is -0.0795. The van der Waals surface area contributed by atoms with Gasteiger partial charge in [0.2, 0.25) is 5.91 Å². The Kier molecular flexibility index (Phi) is 4.90. The number of carbonyl (C=O) groups excluding carboxylic acids is 1. The van der Waals surface area contributed by atoms with Gasteiger partial charge in [-0.05, 0) is 31.1 Å². The fourth-order valence-corrected chi connectivity index (χ4v) is 4.94. The van der Waals surface area contributed by atoms with E-state index in [-0.39, 0.29) is 30.2 Å². The molecule has 0 unspecified atom stereocenters. The molecule has 1 amide bonds. The van der Waals surface area contributed by atoms with E-state index in [4.69, 9.17) is 9.47 Å². The third-order valence-corrected chi connectivity index (χ3v) is 6.66. The van der Waals surface area contributed by atoms with Gasteiger partial charge in [0.05, 0.1) is 24.9 Å². The first-order valence-electron chi connectivity index (χ1n) is 10.7. The molecule has 1 aromatic rings. The Labute approximate surface area is 160 Å². The van der Waals surface area contributed by atoms with Gasteiger partial charge in [0, 0.05) is 12.6 Å². The molecule has 2 saturated carbocycles. The quantitative estimate of drug-likeness (QED) is 0.824. The molecular formula is C20H30N4O3. The van der Waals surface area contributed by atoms with E-state index in [1.165, 1.54) is 44.9 Å². The number of rotatable bonds is 6. The minimum absolute atomic E-state index is 0.0449. The lowest BCUT2D eigenvalue weighted by atomic mass is 9.86. The van der Waals surface area contributed by atoms with E-state index in [0.717, 1.165) is 18.0 Å². The first-order chi connectivity index (χ1) is 13.3. The largest absolute Gasteiger partial charge is 0.371 e. The molecule has 0 spiro atoms. The summed E-state index contributed by atoms with van der Waals surface area (Å²) in [4.78, 5) is 12.1. The van der Waals surface area contributed by atoms with E-state index in [1.54, 1.807) is 0 Å². The van der Waals surface area contributed by atoms with E-state index >= 15 is 0 Å². The Morgan fingerprint density at radius 2 is 1.89 bits per heavy atom. The van der Waals surface area contributed by atoms with E-state index in [0.29, 0.717) is 25.6 Å². The molecule has 4 atom stereocenters. The van der Waals surface area contributed by atoms with Gasteiger partial charge in [0.25, 0.3) is 0 Å². The van der Waals surface area contributed by atoms with E-state index in [9.17, 15) is 4.79 Å². The zero-order chi connectivity index (χ0) is 18.2. The van der Waals surface area contributed by atoms with Gasteiger partial charge in [-0.15, -0.1) is 5.10 Å². The van der Waals surface area contributed by atoms with Crippen molar-refractivity contribution < 1.29 is 14.3 Å². The smallest absolute Gasteiger partial charge is 0.220 e. The third-order valence-electron chi connectivity index (χ3n) is 6.66. The second-order valence-electron chi connectivity index (χ2n) is 8.88. The molecule has 0 aromatic carbocycles. The summed E-state index contributed by atoms with van der Waals surface area (Å²) < 4.78 is 13.9. The SMILES string of the molecule is O=C(CC1CC1)N[C@H]1CO[C@H]2[C@@H]1OC[C@@H]2n1cc(CC2CCCCC2)nn1. The van der Waals surface area contributed by atoms with Crippen LogP contribution >= 0.6 is 0 Å². The van der Waals surface area contributed by atoms with Crippen molar-refractivity contribution in [2.45, 2.75) is 82.1 Å². The van der Waals surface area contributed by atoms with Crippen molar-refractivity contribution in [3.63, 3.8) is 0 Å². The Morgan fingerprint density at radius 1 is 1.07 bits per heavy atom. The van der Waals surface area contributed by atoms with Crippen LogP contribution in [-0.4, -0.2) is 52.4 Å². The number of carbonyl (C=O) groups is 1. The maximum absolute atomic E-state index is 12.1. The molecule has 27 heavy (non-hydrogen) atoms. The Morgan fingerprint density at radius 3 is 2.70 bits per heavy atom. The average Bonchev–Trinajstić information content (AvgIpc) is 3.06. The number of nitrogens with zero attached hydrogens (tertiary/aromatic N) is 3. The molecule has 2 saturated heterocycles. The van der Waals surface area contributed by atoms with Gasteiger partial charge < -0.3 is 14.8 Å². The van der Waals surface area contributed by atoms with E-state index in [1.807, 2.05) is 4.68 Å². The summed E-state index contributed by atoms with van der Waals surface area (Å²) in [6.07, 6.45) is 12.7. The lowest BCUT2D eigenvalue weighted by Crippen LogP contribution is -2.44.